The SMILES string of the molecule is CCN(C(=O)C(C)(CC)C(N)=S)C(C)C. The summed E-state index contributed by atoms with van der Waals surface area (Å²) in [4.78, 5) is 14.4. The summed E-state index contributed by atoms with van der Waals surface area (Å²) in [6.45, 7) is 10.4. The molecule has 0 spiro atoms. The molecule has 0 heterocycles. The van der Waals surface area contributed by atoms with Gasteiger partial charge in [0, 0.05) is 12.6 Å². The highest BCUT2D eigenvalue weighted by Gasteiger charge is 2.38. The number of carbonyl (C=O) groups is 1. The summed E-state index contributed by atoms with van der Waals surface area (Å²) in [7, 11) is 0. The Bertz CT molecular complexity index is 253. The van der Waals surface area contributed by atoms with E-state index in [0.717, 1.165) is 0 Å². The summed E-state index contributed by atoms with van der Waals surface area (Å²) >= 11 is 4.99. The number of rotatable bonds is 5. The van der Waals surface area contributed by atoms with E-state index in [1.54, 1.807) is 0 Å². The molecule has 1 unspecified atom stereocenters. The largest absolute Gasteiger partial charge is 0.392 e. The maximum atomic E-state index is 12.3. The third-order valence-electron chi connectivity index (χ3n) is 2.95. The van der Waals surface area contributed by atoms with Crippen LogP contribution >= 0.6 is 12.2 Å². The Labute approximate surface area is 98.0 Å². The van der Waals surface area contributed by atoms with Gasteiger partial charge in [-0.15, -0.1) is 0 Å². The van der Waals surface area contributed by atoms with Crippen molar-refractivity contribution in [1.29, 1.82) is 0 Å². The molecule has 0 bridgehead atoms. The zero-order chi connectivity index (χ0) is 12.2. The van der Waals surface area contributed by atoms with Crippen molar-refractivity contribution in [2.24, 2.45) is 11.1 Å². The van der Waals surface area contributed by atoms with E-state index in [2.05, 4.69) is 0 Å². The fourth-order valence-corrected chi connectivity index (χ4v) is 1.72. The molecule has 0 aromatic rings. The lowest BCUT2D eigenvalue weighted by Gasteiger charge is -2.35. The van der Waals surface area contributed by atoms with Gasteiger partial charge in [0.2, 0.25) is 5.91 Å². The second-order valence-electron chi connectivity index (χ2n) is 4.23. The van der Waals surface area contributed by atoms with E-state index < -0.39 is 5.41 Å². The van der Waals surface area contributed by atoms with Crippen LogP contribution < -0.4 is 5.73 Å². The zero-order valence-electron chi connectivity index (χ0n) is 10.3. The summed E-state index contributed by atoms with van der Waals surface area (Å²) in [5.74, 6) is 0.0370. The van der Waals surface area contributed by atoms with Gasteiger partial charge in [-0.05, 0) is 34.1 Å². The first kappa shape index (κ1) is 14.4. The molecule has 1 atom stereocenters. The lowest BCUT2D eigenvalue weighted by Crippen LogP contribution is -2.50. The molecule has 4 heteroatoms. The van der Waals surface area contributed by atoms with Gasteiger partial charge in [0.15, 0.2) is 0 Å². The Kier molecular flexibility index (Phi) is 5.21. The van der Waals surface area contributed by atoms with Gasteiger partial charge in [0.05, 0.1) is 10.4 Å². The van der Waals surface area contributed by atoms with Gasteiger partial charge in [-0.1, -0.05) is 19.1 Å². The molecule has 0 radical (unpaired) electrons. The molecule has 0 fully saturated rings. The van der Waals surface area contributed by atoms with Crippen LogP contribution in [0.4, 0.5) is 0 Å². The lowest BCUT2D eigenvalue weighted by atomic mass is 9.85. The maximum Gasteiger partial charge on any atom is 0.235 e. The fourth-order valence-electron chi connectivity index (χ4n) is 1.49. The highest BCUT2D eigenvalue weighted by molar-refractivity contribution is 7.80. The summed E-state index contributed by atoms with van der Waals surface area (Å²) in [5.41, 5.74) is 4.96. The number of amides is 1. The Morgan fingerprint density at radius 3 is 2.13 bits per heavy atom. The van der Waals surface area contributed by atoms with Gasteiger partial charge >= 0.3 is 0 Å². The van der Waals surface area contributed by atoms with Gasteiger partial charge in [0.25, 0.3) is 0 Å². The lowest BCUT2D eigenvalue weighted by molar-refractivity contribution is -0.139. The molecule has 0 rings (SSSR count). The molecule has 0 aromatic heterocycles. The minimum atomic E-state index is -0.699. The molecule has 0 saturated carbocycles. The smallest absolute Gasteiger partial charge is 0.235 e. The monoisotopic (exact) mass is 230 g/mol. The van der Waals surface area contributed by atoms with Crippen LogP contribution in [0.2, 0.25) is 0 Å². The molecule has 3 nitrogen and oxygen atoms in total. The molecule has 0 aliphatic rings. The van der Waals surface area contributed by atoms with Crippen molar-refractivity contribution in [3.8, 4) is 0 Å². The summed E-state index contributed by atoms with van der Waals surface area (Å²) in [6, 6.07) is 0.183. The number of carbonyl (C=O) groups excluding carboxylic acids is 1. The number of hydrogen-bond acceptors (Lipinski definition) is 2. The average Bonchev–Trinajstić information content (AvgIpc) is 2.16. The van der Waals surface area contributed by atoms with Gasteiger partial charge in [-0.25, -0.2) is 0 Å². The Hall–Kier alpha value is -0.640. The van der Waals surface area contributed by atoms with Crippen molar-refractivity contribution in [2.45, 2.75) is 47.1 Å². The van der Waals surface area contributed by atoms with Crippen LogP contribution in [0.25, 0.3) is 0 Å². The van der Waals surface area contributed by atoms with E-state index in [1.807, 2.05) is 39.5 Å². The van der Waals surface area contributed by atoms with Crippen LogP contribution in [0.3, 0.4) is 0 Å². The highest BCUT2D eigenvalue weighted by atomic mass is 32.1. The molecular formula is C11H22N2OS. The van der Waals surface area contributed by atoms with E-state index in [4.69, 9.17) is 18.0 Å². The van der Waals surface area contributed by atoms with E-state index in [1.165, 1.54) is 0 Å². The number of nitrogens with two attached hydrogens (primary N) is 1. The number of nitrogens with zero attached hydrogens (tertiary/aromatic N) is 1. The molecule has 0 aromatic carbocycles. The topological polar surface area (TPSA) is 46.3 Å². The standard InChI is InChI=1S/C11H22N2OS/c1-6-11(5,9(12)15)10(14)13(7-2)8(3)4/h8H,6-7H2,1-5H3,(H2,12,15). The Balaban J connectivity index is 5.02. The quantitative estimate of drug-likeness (QED) is 0.734. The molecule has 0 saturated heterocycles. The number of thiocarbonyl (C=S) groups is 1. The van der Waals surface area contributed by atoms with Gasteiger partial charge in [0.1, 0.15) is 0 Å². The van der Waals surface area contributed by atoms with Gasteiger partial charge in [-0.3, -0.25) is 4.79 Å². The minimum Gasteiger partial charge on any atom is -0.392 e. The first-order valence-electron chi connectivity index (χ1n) is 5.42. The predicted molar refractivity (Wildman–Crippen MR) is 67.7 cm³/mol. The van der Waals surface area contributed by atoms with E-state index in [-0.39, 0.29) is 16.9 Å². The van der Waals surface area contributed by atoms with Crippen molar-refractivity contribution in [3.05, 3.63) is 0 Å². The second kappa shape index (κ2) is 5.45. The molecule has 2 N–H and O–H groups in total. The third-order valence-corrected chi connectivity index (χ3v) is 3.40. The van der Waals surface area contributed by atoms with Crippen LogP contribution in [0.15, 0.2) is 0 Å². The van der Waals surface area contributed by atoms with Crippen molar-refractivity contribution >= 4 is 23.1 Å². The second-order valence-corrected chi connectivity index (χ2v) is 4.67. The fraction of sp³-hybridized carbons (Fsp3) is 0.818. The van der Waals surface area contributed by atoms with Crippen LogP contribution in [0.1, 0.15) is 41.0 Å². The molecule has 15 heavy (non-hydrogen) atoms. The first-order chi connectivity index (χ1) is 6.81. The van der Waals surface area contributed by atoms with Gasteiger partial charge < -0.3 is 10.6 Å². The number of hydrogen-bond donors (Lipinski definition) is 1. The zero-order valence-corrected chi connectivity index (χ0v) is 11.1. The Morgan fingerprint density at radius 1 is 1.47 bits per heavy atom. The molecule has 0 aliphatic carbocycles. The molecular weight excluding hydrogens is 208 g/mol. The average molecular weight is 230 g/mol. The van der Waals surface area contributed by atoms with E-state index in [9.17, 15) is 4.79 Å². The van der Waals surface area contributed by atoms with E-state index in [0.29, 0.717) is 13.0 Å². The van der Waals surface area contributed by atoms with Crippen molar-refractivity contribution < 1.29 is 4.79 Å². The maximum absolute atomic E-state index is 12.3. The van der Waals surface area contributed by atoms with Crippen LogP contribution in [-0.4, -0.2) is 28.4 Å². The summed E-state index contributed by atoms with van der Waals surface area (Å²) in [6.07, 6.45) is 0.643. The summed E-state index contributed by atoms with van der Waals surface area (Å²) < 4.78 is 0. The van der Waals surface area contributed by atoms with Crippen LogP contribution in [-0.2, 0) is 4.79 Å². The van der Waals surface area contributed by atoms with Crippen molar-refractivity contribution in [1.82, 2.24) is 4.90 Å². The predicted octanol–water partition coefficient (Wildman–Crippen LogP) is 1.95. The highest BCUT2D eigenvalue weighted by Crippen LogP contribution is 2.25. The minimum absolute atomic E-state index is 0.0370. The Morgan fingerprint density at radius 2 is 1.93 bits per heavy atom. The van der Waals surface area contributed by atoms with Crippen LogP contribution in [0.5, 0.6) is 0 Å². The first-order valence-corrected chi connectivity index (χ1v) is 5.83. The van der Waals surface area contributed by atoms with Gasteiger partial charge in [-0.2, -0.15) is 0 Å². The van der Waals surface area contributed by atoms with Crippen molar-refractivity contribution in [2.75, 3.05) is 6.54 Å². The molecule has 0 aliphatic heterocycles. The van der Waals surface area contributed by atoms with E-state index >= 15 is 0 Å². The molecule has 1 amide bonds. The normalized spacial score (nSPS) is 14.8. The summed E-state index contributed by atoms with van der Waals surface area (Å²) in [5, 5.41) is 0. The third kappa shape index (κ3) is 2.91. The van der Waals surface area contributed by atoms with Crippen molar-refractivity contribution in [3.63, 3.8) is 0 Å². The van der Waals surface area contributed by atoms with Crippen LogP contribution in [0, 0.1) is 5.41 Å². The molecule has 88 valence electrons.